The van der Waals surface area contributed by atoms with E-state index < -0.39 is 0 Å². The molecular formula is C16H24N6OS. The van der Waals surface area contributed by atoms with Gasteiger partial charge in [0.05, 0.1) is 18.7 Å². The molecule has 24 heavy (non-hydrogen) atoms. The van der Waals surface area contributed by atoms with Crippen molar-refractivity contribution in [2.45, 2.75) is 44.8 Å². The van der Waals surface area contributed by atoms with Gasteiger partial charge in [0.2, 0.25) is 5.91 Å². The van der Waals surface area contributed by atoms with Gasteiger partial charge in [0, 0.05) is 32.1 Å². The maximum atomic E-state index is 11.8. The topological polar surface area (TPSA) is 67.2 Å². The van der Waals surface area contributed by atoms with Crippen molar-refractivity contribution in [3.63, 3.8) is 0 Å². The Balaban J connectivity index is 1.61. The van der Waals surface area contributed by atoms with E-state index in [4.69, 9.17) is 0 Å². The number of likely N-dealkylation sites (N-methyl/N-ethyl adjacent to an activating group) is 1. The molecule has 0 N–H and O–H groups in total. The molecule has 1 saturated heterocycles. The molecule has 0 aromatic carbocycles. The number of carbonyl (C=O) groups excluding carboxylic acids is 1. The summed E-state index contributed by atoms with van der Waals surface area (Å²) in [4.78, 5) is 24.6. The van der Waals surface area contributed by atoms with E-state index in [1.807, 2.05) is 4.68 Å². The minimum Gasteiger partial charge on any atom is -0.348 e. The van der Waals surface area contributed by atoms with Crippen LogP contribution in [0.3, 0.4) is 0 Å². The van der Waals surface area contributed by atoms with Crippen LogP contribution < -0.4 is 0 Å². The van der Waals surface area contributed by atoms with Crippen molar-refractivity contribution in [2.24, 2.45) is 0 Å². The van der Waals surface area contributed by atoms with Gasteiger partial charge in [0.15, 0.2) is 0 Å². The molecule has 1 amide bonds. The lowest BCUT2D eigenvalue weighted by atomic mass is 10.0. The molecule has 0 bridgehead atoms. The predicted octanol–water partition coefficient (Wildman–Crippen LogP) is 1.42. The number of amides is 1. The van der Waals surface area contributed by atoms with Crippen molar-refractivity contribution < 1.29 is 4.79 Å². The van der Waals surface area contributed by atoms with Gasteiger partial charge in [0.1, 0.15) is 17.7 Å². The summed E-state index contributed by atoms with van der Waals surface area (Å²) in [7, 11) is 3.55. The third-order valence-corrected chi connectivity index (χ3v) is 5.28. The lowest BCUT2D eigenvalue weighted by molar-refractivity contribution is -0.127. The summed E-state index contributed by atoms with van der Waals surface area (Å²) in [6, 6.07) is 0.467. The van der Waals surface area contributed by atoms with Crippen molar-refractivity contribution in [3.8, 4) is 0 Å². The molecular weight excluding hydrogens is 324 g/mol. The summed E-state index contributed by atoms with van der Waals surface area (Å²) < 4.78 is 1.91. The van der Waals surface area contributed by atoms with Crippen molar-refractivity contribution in [3.05, 3.63) is 28.7 Å². The number of likely N-dealkylation sites (tertiary alicyclic amines) is 1. The summed E-state index contributed by atoms with van der Waals surface area (Å²) in [5, 5.41) is 7.21. The zero-order valence-corrected chi connectivity index (χ0v) is 15.1. The number of nitrogens with zero attached hydrogens (tertiary/aromatic N) is 6. The van der Waals surface area contributed by atoms with Gasteiger partial charge in [-0.25, -0.2) is 9.97 Å². The average molecular weight is 348 g/mol. The number of hydrogen-bond acceptors (Lipinski definition) is 6. The van der Waals surface area contributed by atoms with Crippen molar-refractivity contribution >= 4 is 17.2 Å². The Labute approximate surface area is 146 Å². The van der Waals surface area contributed by atoms with Crippen molar-refractivity contribution in [2.75, 3.05) is 20.6 Å². The van der Waals surface area contributed by atoms with E-state index >= 15 is 0 Å². The first kappa shape index (κ1) is 17.0. The second kappa shape index (κ2) is 7.85. The van der Waals surface area contributed by atoms with Crippen LogP contribution in [0.5, 0.6) is 0 Å². The Morgan fingerprint density at radius 1 is 1.42 bits per heavy atom. The van der Waals surface area contributed by atoms with Gasteiger partial charge >= 0.3 is 0 Å². The summed E-state index contributed by atoms with van der Waals surface area (Å²) in [6.07, 6.45) is 7.41. The van der Waals surface area contributed by atoms with Crippen LogP contribution in [-0.4, -0.2) is 62.1 Å². The Morgan fingerprint density at radius 3 is 3.04 bits per heavy atom. The molecule has 1 fully saturated rings. The molecule has 130 valence electrons. The van der Waals surface area contributed by atoms with E-state index in [1.54, 1.807) is 43.0 Å². The van der Waals surface area contributed by atoms with Gasteiger partial charge in [-0.3, -0.25) is 14.4 Å². The highest BCUT2D eigenvalue weighted by atomic mass is 32.1. The molecule has 8 heteroatoms. The van der Waals surface area contributed by atoms with Crippen molar-refractivity contribution in [1.82, 2.24) is 29.5 Å². The molecule has 0 radical (unpaired) electrons. The third kappa shape index (κ3) is 4.39. The molecule has 1 aliphatic heterocycles. The Hall–Kier alpha value is -1.80. The monoisotopic (exact) mass is 348 g/mol. The third-order valence-electron chi connectivity index (χ3n) is 4.38. The van der Waals surface area contributed by atoms with E-state index in [0.717, 1.165) is 30.3 Å². The van der Waals surface area contributed by atoms with Crippen LogP contribution >= 0.6 is 11.3 Å². The molecule has 1 aliphatic rings. The van der Waals surface area contributed by atoms with Crippen LogP contribution in [0.25, 0.3) is 0 Å². The maximum Gasteiger partial charge on any atom is 0.228 e. The zero-order valence-electron chi connectivity index (χ0n) is 14.3. The fraction of sp³-hybridized carbons (Fsp3) is 0.625. The van der Waals surface area contributed by atoms with Gasteiger partial charge < -0.3 is 4.90 Å². The van der Waals surface area contributed by atoms with Gasteiger partial charge in [-0.2, -0.15) is 5.10 Å². The van der Waals surface area contributed by atoms with Crippen LogP contribution in [0, 0.1) is 0 Å². The van der Waals surface area contributed by atoms with Gasteiger partial charge in [-0.05, 0) is 19.4 Å². The lowest BCUT2D eigenvalue weighted by Gasteiger charge is -2.35. The van der Waals surface area contributed by atoms with Gasteiger partial charge in [-0.1, -0.05) is 6.42 Å². The maximum absolute atomic E-state index is 11.8. The minimum atomic E-state index is 0.0953. The molecule has 2 aromatic heterocycles. The Kier molecular flexibility index (Phi) is 5.57. The van der Waals surface area contributed by atoms with E-state index in [9.17, 15) is 4.79 Å². The molecule has 2 aromatic rings. The molecule has 3 heterocycles. The van der Waals surface area contributed by atoms with E-state index in [1.165, 1.54) is 19.3 Å². The zero-order chi connectivity index (χ0) is 16.9. The number of piperidine rings is 1. The molecule has 0 aliphatic carbocycles. The summed E-state index contributed by atoms with van der Waals surface area (Å²) in [5.74, 6) is 0.0953. The first-order valence-corrected chi connectivity index (χ1v) is 9.19. The van der Waals surface area contributed by atoms with Crippen LogP contribution in [-0.2, 0) is 24.3 Å². The molecule has 7 nitrogen and oxygen atoms in total. The van der Waals surface area contributed by atoms with Crippen LogP contribution in [0.2, 0.25) is 0 Å². The Morgan fingerprint density at radius 2 is 2.29 bits per heavy atom. The number of hydrogen-bond donors (Lipinski definition) is 0. The SMILES string of the molecule is CN(C)C(=O)Cc1nc(CN2CCCC[C@H]2Cn2cncn2)cs1. The molecule has 0 saturated carbocycles. The van der Waals surface area contributed by atoms with E-state index in [-0.39, 0.29) is 5.91 Å². The summed E-state index contributed by atoms with van der Waals surface area (Å²) in [5.41, 5.74) is 1.06. The number of thiazole rings is 1. The minimum absolute atomic E-state index is 0.0953. The standard InChI is InChI=1S/C16H24N6OS/c1-20(2)16(23)7-15-19-13(10-24-15)8-21-6-4-3-5-14(21)9-22-12-17-11-18-22/h10-12,14H,3-9H2,1-2H3/t14-/m0/s1. The molecule has 0 spiro atoms. The van der Waals surface area contributed by atoms with E-state index in [2.05, 4.69) is 25.3 Å². The van der Waals surface area contributed by atoms with Crippen LogP contribution in [0.4, 0.5) is 0 Å². The molecule has 1 atom stereocenters. The van der Waals surface area contributed by atoms with E-state index in [0.29, 0.717) is 12.5 Å². The quantitative estimate of drug-likeness (QED) is 0.790. The van der Waals surface area contributed by atoms with Gasteiger partial charge in [-0.15, -0.1) is 11.3 Å². The summed E-state index contributed by atoms with van der Waals surface area (Å²) >= 11 is 1.58. The highest BCUT2D eigenvalue weighted by molar-refractivity contribution is 7.09. The average Bonchev–Trinajstić information content (AvgIpc) is 3.21. The molecule has 3 rings (SSSR count). The summed E-state index contributed by atoms with van der Waals surface area (Å²) in [6.45, 7) is 2.80. The number of aromatic nitrogens is 4. The molecule has 0 unspecified atom stereocenters. The van der Waals surface area contributed by atoms with Crippen LogP contribution in [0.15, 0.2) is 18.0 Å². The largest absolute Gasteiger partial charge is 0.348 e. The number of carbonyl (C=O) groups is 1. The normalized spacial score (nSPS) is 18.7. The lowest BCUT2D eigenvalue weighted by Crippen LogP contribution is -2.41. The predicted molar refractivity (Wildman–Crippen MR) is 92.6 cm³/mol. The Bertz CT molecular complexity index is 653. The number of rotatable bonds is 6. The van der Waals surface area contributed by atoms with Crippen molar-refractivity contribution in [1.29, 1.82) is 0 Å². The van der Waals surface area contributed by atoms with Gasteiger partial charge in [0.25, 0.3) is 0 Å². The first-order valence-electron chi connectivity index (χ1n) is 8.31. The first-order chi connectivity index (χ1) is 11.6. The second-order valence-electron chi connectivity index (χ2n) is 6.44. The smallest absolute Gasteiger partial charge is 0.228 e. The highest BCUT2D eigenvalue weighted by Gasteiger charge is 2.24. The fourth-order valence-electron chi connectivity index (χ4n) is 3.02. The second-order valence-corrected chi connectivity index (χ2v) is 7.38. The highest BCUT2D eigenvalue weighted by Crippen LogP contribution is 2.22. The van der Waals surface area contributed by atoms with Crippen LogP contribution in [0.1, 0.15) is 30.0 Å². The fourth-order valence-corrected chi connectivity index (χ4v) is 3.79.